The molecular formula is C14H18ClN3O2. The highest BCUT2D eigenvalue weighted by atomic mass is 35.5. The van der Waals surface area contributed by atoms with Crippen molar-refractivity contribution in [1.82, 2.24) is 9.55 Å². The minimum absolute atomic E-state index is 0.175. The first-order valence-electron chi connectivity index (χ1n) is 6.28. The van der Waals surface area contributed by atoms with Crippen molar-refractivity contribution in [2.75, 3.05) is 26.1 Å². The molecule has 0 bridgehead atoms. The number of ether oxygens (including phenoxy) is 2. The molecule has 108 valence electrons. The van der Waals surface area contributed by atoms with E-state index in [4.69, 9.17) is 21.1 Å². The highest BCUT2D eigenvalue weighted by molar-refractivity contribution is 6.33. The Morgan fingerprint density at radius 3 is 2.90 bits per heavy atom. The summed E-state index contributed by atoms with van der Waals surface area (Å²) in [5.74, 6) is 1.45. The van der Waals surface area contributed by atoms with E-state index in [9.17, 15) is 0 Å². The Kier molecular flexibility index (Phi) is 4.87. The lowest BCUT2D eigenvalue weighted by Crippen LogP contribution is -2.12. The van der Waals surface area contributed by atoms with Gasteiger partial charge < -0.3 is 19.4 Å². The van der Waals surface area contributed by atoms with Crippen molar-refractivity contribution in [2.45, 2.75) is 13.0 Å². The molecule has 0 aliphatic heterocycles. The summed E-state index contributed by atoms with van der Waals surface area (Å²) in [5, 5.41) is 3.83. The first-order chi connectivity index (χ1) is 9.65. The number of benzene rings is 1. The Morgan fingerprint density at radius 2 is 2.20 bits per heavy atom. The molecule has 6 heteroatoms. The molecule has 0 aliphatic carbocycles. The van der Waals surface area contributed by atoms with Gasteiger partial charge in [-0.15, -0.1) is 0 Å². The summed E-state index contributed by atoms with van der Waals surface area (Å²) in [6.07, 6.45) is 3.64. The van der Waals surface area contributed by atoms with Crippen molar-refractivity contribution < 1.29 is 9.47 Å². The Balaban J connectivity index is 2.24. The summed E-state index contributed by atoms with van der Waals surface area (Å²) in [5.41, 5.74) is 0.753. The van der Waals surface area contributed by atoms with Crippen LogP contribution in [0.4, 0.5) is 11.6 Å². The molecule has 0 radical (unpaired) electrons. The highest BCUT2D eigenvalue weighted by Gasteiger charge is 2.11. The number of imidazole rings is 1. The van der Waals surface area contributed by atoms with E-state index in [-0.39, 0.29) is 6.04 Å². The zero-order valence-corrected chi connectivity index (χ0v) is 12.5. The third-order valence-corrected chi connectivity index (χ3v) is 3.30. The summed E-state index contributed by atoms with van der Waals surface area (Å²) in [6, 6.07) is 5.61. The van der Waals surface area contributed by atoms with Crippen LogP contribution >= 0.6 is 11.6 Å². The van der Waals surface area contributed by atoms with E-state index in [1.54, 1.807) is 26.5 Å². The number of halogens is 1. The third kappa shape index (κ3) is 3.23. The van der Waals surface area contributed by atoms with Gasteiger partial charge in [0.05, 0.1) is 30.5 Å². The largest absolute Gasteiger partial charge is 0.497 e. The normalized spacial score (nSPS) is 12.2. The molecule has 1 aromatic carbocycles. The molecule has 0 saturated carbocycles. The van der Waals surface area contributed by atoms with E-state index in [1.165, 1.54) is 0 Å². The number of hydrogen-bond donors (Lipinski definition) is 1. The molecule has 1 N–H and O–H groups in total. The minimum Gasteiger partial charge on any atom is -0.497 e. The van der Waals surface area contributed by atoms with Crippen LogP contribution in [0, 0.1) is 0 Å². The molecule has 1 aromatic heterocycles. The van der Waals surface area contributed by atoms with E-state index >= 15 is 0 Å². The maximum atomic E-state index is 6.18. The molecule has 0 aliphatic rings. The van der Waals surface area contributed by atoms with Gasteiger partial charge in [0.2, 0.25) is 5.95 Å². The van der Waals surface area contributed by atoms with Gasteiger partial charge in [0, 0.05) is 25.6 Å². The predicted octanol–water partition coefficient (Wildman–Crippen LogP) is 3.50. The second-order valence-corrected chi connectivity index (χ2v) is 4.84. The average Bonchev–Trinajstić information content (AvgIpc) is 2.90. The quantitative estimate of drug-likeness (QED) is 0.886. The summed E-state index contributed by atoms with van der Waals surface area (Å²) in [4.78, 5) is 4.31. The van der Waals surface area contributed by atoms with Crippen LogP contribution in [0.5, 0.6) is 5.75 Å². The topological polar surface area (TPSA) is 48.3 Å². The number of hydrogen-bond acceptors (Lipinski definition) is 4. The molecule has 0 amide bonds. The molecule has 20 heavy (non-hydrogen) atoms. The zero-order chi connectivity index (χ0) is 14.5. The highest BCUT2D eigenvalue weighted by Crippen LogP contribution is 2.29. The van der Waals surface area contributed by atoms with Crippen LogP contribution in [-0.4, -0.2) is 30.4 Å². The van der Waals surface area contributed by atoms with Crippen LogP contribution in [0.15, 0.2) is 30.6 Å². The number of nitrogens with zero attached hydrogens (tertiary/aromatic N) is 2. The Morgan fingerprint density at radius 1 is 1.40 bits per heavy atom. The smallest absolute Gasteiger partial charge is 0.207 e. The molecule has 5 nitrogen and oxygen atoms in total. The molecule has 1 heterocycles. The second-order valence-electron chi connectivity index (χ2n) is 4.43. The Labute approximate surface area is 123 Å². The monoisotopic (exact) mass is 295 g/mol. The standard InChI is InChI=1S/C14H18ClN3O2/c1-10(9-19-2)18-7-6-16-14(18)17-13-8-11(20-3)4-5-12(13)15/h4-8,10H,9H2,1-3H3,(H,16,17). The summed E-state index contributed by atoms with van der Waals surface area (Å²) < 4.78 is 12.4. The molecule has 0 fully saturated rings. The summed E-state index contributed by atoms with van der Waals surface area (Å²) >= 11 is 6.18. The van der Waals surface area contributed by atoms with Gasteiger partial charge in [0.15, 0.2) is 0 Å². The van der Waals surface area contributed by atoms with E-state index in [1.807, 2.05) is 22.9 Å². The second kappa shape index (κ2) is 6.63. The van der Waals surface area contributed by atoms with E-state index < -0.39 is 0 Å². The Bertz CT molecular complexity index is 571. The molecule has 0 saturated heterocycles. The van der Waals surface area contributed by atoms with Crippen LogP contribution in [0.3, 0.4) is 0 Å². The number of anilines is 2. The van der Waals surface area contributed by atoms with Gasteiger partial charge in [-0.3, -0.25) is 0 Å². The average molecular weight is 296 g/mol. The van der Waals surface area contributed by atoms with E-state index in [0.29, 0.717) is 17.6 Å². The van der Waals surface area contributed by atoms with Gasteiger partial charge >= 0.3 is 0 Å². The van der Waals surface area contributed by atoms with Crippen LogP contribution < -0.4 is 10.1 Å². The SMILES string of the molecule is COCC(C)n1ccnc1Nc1cc(OC)ccc1Cl. The third-order valence-electron chi connectivity index (χ3n) is 2.97. The zero-order valence-electron chi connectivity index (χ0n) is 11.8. The first kappa shape index (κ1) is 14.7. The molecule has 2 aromatic rings. The number of nitrogens with one attached hydrogen (secondary N) is 1. The van der Waals surface area contributed by atoms with Gasteiger partial charge in [0.25, 0.3) is 0 Å². The lowest BCUT2D eigenvalue weighted by molar-refractivity contribution is 0.163. The molecule has 1 atom stereocenters. The summed E-state index contributed by atoms with van der Waals surface area (Å²) in [7, 11) is 3.30. The van der Waals surface area contributed by atoms with Crippen molar-refractivity contribution in [3.05, 3.63) is 35.6 Å². The van der Waals surface area contributed by atoms with Crippen molar-refractivity contribution >= 4 is 23.2 Å². The van der Waals surface area contributed by atoms with Gasteiger partial charge in [-0.1, -0.05) is 11.6 Å². The van der Waals surface area contributed by atoms with Crippen molar-refractivity contribution in [1.29, 1.82) is 0 Å². The first-order valence-corrected chi connectivity index (χ1v) is 6.66. The van der Waals surface area contributed by atoms with Crippen molar-refractivity contribution in [3.8, 4) is 5.75 Å². The van der Waals surface area contributed by atoms with Crippen LogP contribution in [0.2, 0.25) is 5.02 Å². The number of rotatable bonds is 6. The molecule has 1 unspecified atom stereocenters. The Hall–Kier alpha value is -1.72. The molecule has 0 spiro atoms. The molecule has 2 rings (SSSR count). The van der Waals surface area contributed by atoms with E-state index in [0.717, 1.165) is 11.4 Å². The van der Waals surface area contributed by atoms with Gasteiger partial charge in [-0.25, -0.2) is 4.98 Å². The molecular weight excluding hydrogens is 278 g/mol. The van der Waals surface area contributed by atoms with Gasteiger partial charge in [0.1, 0.15) is 5.75 Å². The van der Waals surface area contributed by atoms with Crippen LogP contribution in [-0.2, 0) is 4.74 Å². The van der Waals surface area contributed by atoms with Crippen molar-refractivity contribution in [3.63, 3.8) is 0 Å². The van der Waals surface area contributed by atoms with Gasteiger partial charge in [-0.05, 0) is 19.1 Å². The summed E-state index contributed by atoms with van der Waals surface area (Å²) in [6.45, 7) is 2.67. The fraction of sp³-hybridized carbons (Fsp3) is 0.357. The predicted molar refractivity (Wildman–Crippen MR) is 80.1 cm³/mol. The minimum atomic E-state index is 0.175. The van der Waals surface area contributed by atoms with E-state index in [2.05, 4.69) is 17.2 Å². The number of methoxy groups -OCH3 is 2. The van der Waals surface area contributed by atoms with Gasteiger partial charge in [-0.2, -0.15) is 0 Å². The number of aromatic nitrogens is 2. The lowest BCUT2D eigenvalue weighted by atomic mass is 10.3. The fourth-order valence-electron chi connectivity index (χ4n) is 1.93. The maximum Gasteiger partial charge on any atom is 0.207 e. The maximum absolute atomic E-state index is 6.18. The lowest BCUT2D eigenvalue weighted by Gasteiger charge is -2.17. The van der Waals surface area contributed by atoms with Crippen LogP contribution in [0.25, 0.3) is 0 Å². The van der Waals surface area contributed by atoms with Crippen molar-refractivity contribution in [2.24, 2.45) is 0 Å². The van der Waals surface area contributed by atoms with Crippen LogP contribution in [0.1, 0.15) is 13.0 Å². The fourth-order valence-corrected chi connectivity index (χ4v) is 2.10.